The fourth-order valence-electron chi connectivity index (χ4n) is 2.32. The summed E-state index contributed by atoms with van der Waals surface area (Å²) in [6.07, 6.45) is 2.46. The van der Waals surface area contributed by atoms with Crippen LogP contribution in [0, 0.1) is 6.92 Å². The maximum Gasteiger partial charge on any atom is 0.261 e. The summed E-state index contributed by atoms with van der Waals surface area (Å²) in [7, 11) is -3.62. The highest BCUT2D eigenvalue weighted by atomic mass is 32.2. The minimum atomic E-state index is -3.62. The van der Waals surface area contributed by atoms with Crippen molar-refractivity contribution < 1.29 is 12.8 Å². The van der Waals surface area contributed by atoms with Crippen molar-refractivity contribution >= 4 is 15.7 Å². The average Bonchev–Trinajstić information content (AvgIpc) is 3.02. The summed E-state index contributed by atoms with van der Waals surface area (Å²) in [6.45, 7) is 3.81. The lowest BCUT2D eigenvalue weighted by atomic mass is 10.2. The van der Waals surface area contributed by atoms with Gasteiger partial charge in [-0.15, -0.1) is 0 Å². The van der Waals surface area contributed by atoms with Gasteiger partial charge in [0.1, 0.15) is 12.0 Å². The monoisotopic (exact) mass is 342 g/mol. The zero-order chi connectivity index (χ0) is 17.2. The molecule has 0 amide bonds. The van der Waals surface area contributed by atoms with Gasteiger partial charge in [-0.1, -0.05) is 31.2 Å². The molecule has 0 atom stereocenters. The summed E-state index contributed by atoms with van der Waals surface area (Å²) in [5.41, 5.74) is 3.19. The average molecular weight is 342 g/mol. The van der Waals surface area contributed by atoms with Crippen LogP contribution in [0.15, 0.2) is 64.1 Å². The van der Waals surface area contributed by atoms with Gasteiger partial charge in [0.15, 0.2) is 5.89 Å². The Hall–Kier alpha value is -2.60. The summed E-state index contributed by atoms with van der Waals surface area (Å²) in [6, 6.07) is 13.9. The molecule has 3 rings (SSSR count). The second-order valence-electron chi connectivity index (χ2n) is 5.43. The van der Waals surface area contributed by atoms with E-state index in [1.807, 2.05) is 12.1 Å². The molecule has 24 heavy (non-hydrogen) atoms. The highest BCUT2D eigenvalue weighted by molar-refractivity contribution is 7.92. The molecule has 3 aromatic rings. The zero-order valence-electron chi connectivity index (χ0n) is 13.5. The first kappa shape index (κ1) is 16.3. The van der Waals surface area contributed by atoms with Crippen molar-refractivity contribution in [2.24, 2.45) is 0 Å². The van der Waals surface area contributed by atoms with Crippen molar-refractivity contribution in [1.82, 2.24) is 4.98 Å². The number of benzene rings is 2. The lowest BCUT2D eigenvalue weighted by Crippen LogP contribution is -2.12. The molecule has 0 aliphatic heterocycles. The molecular weight excluding hydrogens is 324 g/mol. The van der Waals surface area contributed by atoms with E-state index < -0.39 is 10.0 Å². The second kappa shape index (κ2) is 6.49. The van der Waals surface area contributed by atoms with Crippen LogP contribution >= 0.6 is 0 Å². The van der Waals surface area contributed by atoms with Crippen LogP contribution in [0.1, 0.15) is 18.4 Å². The van der Waals surface area contributed by atoms with Gasteiger partial charge in [-0.25, -0.2) is 13.4 Å². The minimum absolute atomic E-state index is 0.200. The van der Waals surface area contributed by atoms with Crippen LogP contribution in [0.5, 0.6) is 0 Å². The summed E-state index contributed by atoms with van der Waals surface area (Å²) in [5.74, 6) is 0.568. The molecule has 1 heterocycles. The van der Waals surface area contributed by atoms with Crippen molar-refractivity contribution in [2.45, 2.75) is 25.2 Å². The van der Waals surface area contributed by atoms with Crippen LogP contribution in [0.25, 0.3) is 11.3 Å². The first-order valence-corrected chi connectivity index (χ1v) is 9.10. The Labute approximate surface area is 141 Å². The topological polar surface area (TPSA) is 72.2 Å². The Morgan fingerprint density at radius 1 is 1.04 bits per heavy atom. The van der Waals surface area contributed by atoms with Gasteiger partial charge in [0.25, 0.3) is 10.0 Å². The summed E-state index contributed by atoms with van der Waals surface area (Å²) in [4.78, 5) is 4.43. The first-order chi connectivity index (χ1) is 11.5. The number of rotatable bonds is 5. The Bertz CT molecular complexity index is 927. The second-order valence-corrected chi connectivity index (χ2v) is 7.11. The van der Waals surface area contributed by atoms with Gasteiger partial charge in [0.05, 0.1) is 4.90 Å². The number of sulfonamides is 1. The molecule has 0 spiro atoms. The summed E-state index contributed by atoms with van der Waals surface area (Å²) in [5, 5.41) is 0. The van der Waals surface area contributed by atoms with Gasteiger partial charge in [-0.3, -0.25) is 4.72 Å². The molecule has 6 heteroatoms. The van der Waals surface area contributed by atoms with E-state index in [0.29, 0.717) is 17.3 Å². The predicted octanol–water partition coefficient (Wildman–Crippen LogP) is 4.01. The molecular formula is C18H18N2O3S. The van der Waals surface area contributed by atoms with Crippen molar-refractivity contribution in [3.8, 4) is 11.3 Å². The van der Waals surface area contributed by atoms with Crippen molar-refractivity contribution in [3.63, 3.8) is 0 Å². The molecule has 0 aliphatic carbocycles. The maximum absolute atomic E-state index is 12.5. The Balaban J connectivity index is 1.81. The molecule has 0 aliphatic rings. The largest absolute Gasteiger partial charge is 0.449 e. The van der Waals surface area contributed by atoms with E-state index in [2.05, 4.69) is 16.6 Å². The van der Waals surface area contributed by atoms with Gasteiger partial charge >= 0.3 is 0 Å². The van der Waals surface area contributed by atoms with Gasteiger partial charge in [0.2, 0.25) is 0 Å². The van der Waals surface area contributed by atoms with Crippen LogP contribution in [-0.4, -0.2) is 13.4 Å². The van der Waals surface area contributed by atoms with Crippen molar-refractivity contribution in [1.29, 1.82) is 0 Å². The first-order valence-electron chi connectivity index (χ1n) is 7.62. The summed E-state index contributed by atoms with van der Waals surface area (Å²) >= 11 is 0. The maximum atomic E-state index is 12.5. The van der Waals surface area contributed by atoms with Crippen LogP contribution in [0.2, 0.25) is 0 Å². The smallest absolute Gasteiger partial charge is 0.261 e. The van der Waals surface area contributed by atoms with Gasteiger partial charge in [0, 0.05) is 18.2 Å². The molecule has 0 fully saturated rings. The van der Waals surface area contributed by atoms with Gasteiger partial charge < -0.3 is 4.42 Å². The van der Waals surface area contributed by atoms with E-state index in [-0.39, 0.29) is 4.90 Å². The molecule has 5 nitrogen and oxygen atoms in total. The standard InChI is InChI=1S/C18H18N2O3S/c1-3-14-4-8-16(9-5-14)20-24(21,22)17-10-6-15(7-11-17)18-12-23-13(2)19-18/h4-12,20H,3H2,1-2H3. The third-order valence-electron chi connectivity index (χ3n) is 3.69. The molecule has 124 valence electrons. The van der Waals surface area contributed by atoms with Gasteiger partial charge in [-0.05, 0) is 36.2 Å². The number of anilines is 1. The minimum Gasteiger partial charge on any atom is -0.449 e. The SMILES string of the molecule is CCc1ccc(NS(=O)(=O)c2ccc(-c3coc(C)n3)cc2)cc1. The number of aromatic nitrogens is 1. The Morgan fingerprint density at radius 3 is 2.25 bits per heavy atom. The number of hydrogen-bond acceptors (Lipinski definition) is 4. The Kier molecular flexibility index (Phi) is 4.40. The van der Waals surface area contributed by atoms with E-state index in [0.717, 1.165) is 17.5 Å². The lowest BCUT2D eigenvalue weighted by molar-refractivity contribution is 0.521. The van der Waals surface area contributed by atoms with Crippen LogP contribution in [0.4, 0.5) is 5.69 Å². The van der Waals surface area contributed by atoms with Crippen molar-refractivity contribution in [3.05, 3.63) is 66.2 Å². The molecule has 1 N–H and O–H groups in total. The van der Waals surface area contributed by atoms with E-state index in [4.69, 9.17) is 4.42 Å². The van der Waals surface area contributed by atoms with E-state index in [9.17, 15) is 8.42 Å². The fraction of sp³-hybridized carbons (Fsp3) is 0.167. The normalized spacial score (nSPS) is 11.4. The highest BCUT2D eigenvalue weighted by Crippen LogP contribution is 2.22. The molecule has 0 radical (unpaired) electrons. The molecule has 0 unspecified atom stereocenters. The highest BCUT2D eigenvalue weighted by Gasteiger charge is 2.14. The number of oxazole rings is 1. The van der Waals surface area contributed by atoms with Crippen LogP contribution in [0.3, 0.4) is 0 Å². The molecule has 2 aromatic carbocycles. The number of aryl methyl sites for hydroxylation is 2. The third kappa shape index (κ3) is 3.49. The predicted molar refractivity (Wildman–Crippen MR) is 93.3 cm³/mol. The van der Waals surface area contributed by atoms with Crippen molar-refractivity contribution in [2.75, 3.05) is 4.72 Å². The molecule has 0 bridgehead atoms. The van der Waals surface area contributed by atoms with E-state index in [1.54, 1.807) is 49.6 Å². The third-order valence-corrected chi connectivity index (χ3v) is 5.09. The van der Waals surface area contributed by atoms with E-state index in [1.165, 1.54) is 0 Å². The van der Waals surface area contributed by atoms with Crippen LogP contribution in [-0.2, 0) is 16.4 Å². The Morgan fingerprint density at radius 2 is 1.71 bits per heavy atom. The fourth-order valence-corrected chi connectivity index (χ4v) is 3.38. The van der Waals surface area contributed by atoms with Crippen LogP contribution < -0.4 is 4.72 Å². The molecule has 1 aromatic heterocycles. The van der Waals surface area contributed by atoms with E-state index >= 15 is 0 Å². The number of hydrogen-bond donors (Lipinski definition) is 1. The summed E-state index contributed by atoms with van der Waals surface area (Å²) < 4.78 is 32.7. The quantitative estimate of drug-likeness (QED) is 0.760. The van der Waals surface area contributed by atoms with Gasteiger partial charge in [-0.2, -0.15) is 0 Å². The lowest BCUT2D eigenvalue weighted by Gasteiger charge is -2.09. The molecule has 0 saturated carbocycles. The number of nitrogens with zero attached hydrogens (tertiary/aromatic N) is 1. The number of nitrogens with one attached hydrogen (secondary N) is 1. The molecule has 0 saturated heterocycles. The zero-order valence-corrected chi connectivity index (χ0v) is 14.3.